The second kappa shape index (κ2) is 7.59. The van der Waals surface area contributed by atoms with Gasteiger partial charge in [0, 0.05) is 13.1 Å². The van der Waals surface area contributed by atoms with Gasteiger partial charge in [-0.15, -0.1) is 0 Å². The molecule has 0 bridgehead atoms. The van der Waals surface area contributed by atoms with Crippen LogP contribution < -0.4 is 0 Å². The zero-order chi connectivity index (χ0) is 20.3. The van der Waals surface area contributed by atoms with E-state index in [-0.39, 0.29) is 12.2 Å². The molecule has 146 valence electrons. The molecule has 0 aliphatic carbocycles. The largest absolute Gasteiger partial charge is 0.444 e. The van der Waals surface area contributed by atoms with Crippen LogP contribution in [0.3, 0.4) is 0 Å². The van der Waals surface area contributed by atoms with Gasteiger partial charge in [0.05, 0.1) is 0 Å². The Kier molecular flexibility index (Phi) is 5.83. The Hall–Kier alpha value is -2.56. The minimum atomic E-state index is -4.57. The number of halogens is 3. The summed E-state index contributed by atoms with van der Waals surface area (Å²) in [6.45, 7) is 5.66. The molecule has 27 heavy (non-hydrogen) atoms. The van der Waals surface area contributed by atoms with Gasteiger partial charge in [0.15, 0.2) is 0 Å². The fraction of sp³-hybridized carbons (Fsp3) is 0.526. The van der Waals surface area contributed by atoms with Gasteiger partial charge in [0.2, 0.25) is 0 Å². The molecule has 1 aromatic heterocycles. The minimum absolute atomic E-state index is 0.0252. The summed E-state index contributed by atoms with van der Waals surface area (Å²) in [5.74, 6) is 5.29. The monoisotopic (exact) mass is 382 g/mol. The molecule has 1 aromatic rings. The molecule has 2 heterocycles. The Morgan fingerprint density at radius 3 is 2.63 bits per heavy atom. The van der Waals surface area contributed by atoms with Crippen molar-refractivity contribution in [1.29, 1.82) is 0 Å². The van der Waals surface area contributed by atoms with Crippen LogP contribution in [0.15, 0.2) is 18.2 Å². The number of aldehydes is 1. The second-order valence-electron chi connectivity index (χ2n) is 7.44. The lowest BCUT2D eigenvalue weighted by molar-refractivity contribution is -0.141. The number of nitrogens with zero attached hydrogens (tertiary/aromatic N) is 2. The lowest BCUT2D eigenvalue weighted by atomic mass is 9.82. The normalized spacial score (nSPS) is 20.4. The Bertz CT molecular complexity index is 775. The van der Waals surface area contributed by atoms with Gasteiger partial charge in [-0.1, -0.05) is 12.0 Å². The van der Waals surface area contributed by atoms with Crippen LogP contribution in [0.25, 0.3) is 0 Å². The van der Waals surface area contributed by atoms with E-state index in [0.29, 0.717) is 25.7 Å². The van der Waals surface area contributed by atoms with Gasteiger partial charge in [0.25, 0.3) is 0 Å². The van der Waals surface area contributed by atoms with Crippen molar-refractivity contribution >= 4 is 12.4 Å². The Morgan fingerprint density at radius 2 is 2.04 bits per heavy atom. The topological polar surface area (TPSA) is 59.5 Å². The first kappa shape index (κ1) is 20.7. The van der Waals surface area contributed by atoms with Gasteiger partial charge >= 0.3 is 12.3 Å². The molecule has 1 aliphatic heterocycles. The smallest absolute Gasteiger partial charge is 0.433 e. The van der Waals surface area contributed by atoms with Crippen LogP contribution in [-0.2, 0) is 15.7 Å². The van der Waals surface area contributed by atoms with Gasteiger partial charge in [-0.25, -0.2) is 9.78 Å². The first-order valence-corrected chi connectivity index (χ1v) is 8.46. The summed E-state index contributed by atoms with van der Waals surface area (Å²) < 4.78 is 43.6. The molecule has 5 nitrogen and oxygen atoms in total. The standard InChI is InChI=1S/C19H21F3N2O3/c1-17(2,3)27-16(26)24-11-5-9-18(12-24,13-25)10-8-14-6-4-7-15(23-14)19(20,21)22/h4,6-7,13H,5,9,11-12H2,1-3H3. The number of carbonyl (C=O) groups is 2. The third-order valence-electron chi connectivity index (χ3n) is 3.88. The molecule has 1 aliphatic rings. The number of aromatic nitrogens is 1. The molecule has 1 amide bonds. The van der Waals surface area contributed by atoms with Crippen molar-refractivity contribution in [3.8, 4) is 11.8 Å². The van der Waals surface area contributed by atoms with Crippen molar-refractivity contribution < 1.29 is 27.5 Å². The summed E-state index contributed by atoms with van der Waals surface area (Å²) in [7, 11) is 0. The highest BCUT2D eigenvalue weighted by molar-refractivity contribution is 5.72. The first-order chi connectivity index (χ1) is 12.4. The number of likely N-dealkylation sites (tertiary alicyclic amines) is 1. The molecule has 1 fully saturated rings. The van der Waals surface area contributed by atoms with E-state index < -0.39 is 29.0 Å². The third-order valence-corrected chi connectivity index (χ3v) is 3.88. The van der Waals surface area contributed by atoms with Crippen molar-refractivity contribution in [2.24, 2.45) is 5.41 Å². The number of carbonyl (C=O) groups excluding carboxylic acids is 2. The van der Waals surface area contributed by atoms with Gasteiger partial charge in [-0.3, -0.25) is 0 Å². The average molecular weight is 382 g/mol. The number of piperidine rings is 1. The number of amides is 1. The van der Waals surface area contributed by atoms with Crippen LogP contribution in [0, 0.1) is 17.3 Å². The Morgan fingerprint density at radius 1 is 1.33 bits per heavy atom. The maximum Gasteiger partial charge on any atom is 0.433 e. The van der Waals surface area contributed by atoms with E-state index in [9.17, 15) is 22.8 Å². The highest BCUT2D eigenvalue weighted by Crippen LogP contribution is 2.29. The molecule has 1 atom stereocenters. The van der Waals surface area contributed by atoms with Crippen LogP contribution in [0.4, 0.5) is 18.0 Å². The minimum Gasteiger partial charge on any atom is -0.444 e. The Labute approximate surface area is 155 Å². The van der Waals surface area contributed by atoms with E-state index in [1.807, 2.05) is 0 Å². The number of ether oxygens (including phenoxy) is 1. The Balaban J connectivity index is 2.22. The van der Waals surface area contributed by atoms with Crippen molar-refractivity contribution in [2.75, 3.05) is 13.1 Å². The predicted octanol–water partition coefficient (Wildman–Crippen LogP) is 3.67. The quantitative estimate of drug-likeness (QED) is 0.549. The summed E-state index contributed by atoms with van der Waals surface area (Å²) in [6, 6.07) is 3.40. The molecule has 0 saturated carbocycles. The summed E-state index contributed by atoms with van der Waals surface area (Å²) in [5.41, 5.74) is -2.97. The third kappa shape index (κ3) is 5.71. The number of pyridine rings is 1. The van der Waals surface area contributed by atoms with E-state index in [0.717, 1.165) is 6.07 Å². The zero-order valence-corrected chi connectivity index (χ0v) is 15.4. The molecule has 0 spiro atoms. The summed E-state index contributed by atoms with van der Waals surface area (Å²) in [6.07, 6.45) is -3.54. The number of hydrogen-bond donors (Lipinski definition) is 0. The maximum absolute atomic E-state index is 12.8. The van der Waals surface area contributed by atoms with Crippen molar-refractivity contribution in [3.05, 3.63) is 29.6 Å². The zero-order valence-electron chi connectivity index (χ0n) is 15.4. The first-order valence-electron chi connectivity index (χ1n) is 8.46. The van der Waals surface area contributed by atoms with Gasteiger partial charge < -0.3 is 14.4 Å². The molecule has 1 saturated heterocycles. The maximum atomic E-state index is 12.8. The fourth-order valence-corrected chi connectivity index (χ4v) is 2.64. The number of alkyl halides is 3. The molecule has 1 unspecified atom stereocenters. The molecule has 8 heteroatoms. The van der Waals surface area contributed by atoms with Gasteiger partial charge in [-0.2, -0.15) is 13.2 Å². The molecule has 0 aromatic carbocycles. The van der Waals surface area contributed by atoms with Crippen molar-refractivity contribution in [3.63, 3.8) is 0 Å². The van der Waals surface area contributed by atoms with Crippen LogP contribution >= 0.6 is 0 Å². The van der Waals surface area contributed by atoms with E-state index in [2.05, 4.69) is 16.8 Å². The van der Waals surface area contributed by atoms with Crippen LogP contribution in [0.2, 0.25) is 0 Å². The second-order valence-corrected chi connectivity index (χ2v) is 7.44. The van der Waals surface area contributed by atoms with E-state index >= 15 is 0 Å². The van der Waals surface area contributed by atoms with Crippen LogP contribution in [0.5, 0.6) is 0 Å². The van der Waals surface area contributed by atoms with Gasteiger partial charge in [0.1, 0.15) is 28.7 Å². The lowest BCUT2D eigenvalue weighted by Gasteiger charge is -2.36. The SMILES string of the molecule is CC(C)(C)OC(=O)N1CCCC(C#Cc2cccc(C(F)(F)F)n2)(C=O)C1. The lowest BCUT2D eigenvalue weighted by Crippen LogP contribution is -2.48. The molecule has 2 rings (SSSR count). The number of hydrogen-bond acceptors (Lipinski definition) is 4. The highest BCUT2D eigenvalue weighted by atomic mass is 19.4. The van der Waals surface area contributed by atoms with Crippen molar-refractivity contribution in [1.82, 2.24) is 9.88 Å². The van der Waals surface area contributed by atoms with E-state index in [1.54, 1.807) is 20.8 Å². The van der Waals surface area contributed by atoms with Crippen LogP contribution in [-0.4, -0.2) is 41.0 Å². The summed E-state index contributed by atoms with van der Waals surface area (Å²) in [4.78, 5) is 28.8. The van der Waals surface area contributed by atoms with Crippen LogP contribution in [0.1, 0.15) is 45.0 Å². The summed E-state index contributed by atoms with van der Waals surface area (Å²) in [5, 5.41) is 0. The van der Waals surface area contributed by atoms with E-state index in [4.69, 9.17) is 4.74 Å². The predicted molar refractivity (Wildman–Crippen MR) is 91.7 cm³/mol. The number of rotatable bonds is 1. The molecule has 0 radical (unpaired) electrons. The fourth-order valence-electron chi connectivity index (χ4n) is 2.64. The summed E-state index contributed by atoms with van der Waals surface area (Å²) >= 11 is 0. The highest BCUT2D eigenvalue weighted by Gasteiger charge is 2.37. The molecule has 0 N–H and O–H groups in total. The average Bonchev–Trinajstić information content (AvgIpc) is 2.58. The molecular formula is C19H21F3N2O3. The van der Waals surface area contributed by atoms with Crippen molar-refractivity contribution in [2.45, 2.75) is 45.4 Å². The van der Waals surface area contributed by atoms with Gasteiger partial charge in [-0.05, 0) is 51.7 Å². The molecular weight excluding hydrogens is 361 g/mol. The van der Waals surface area contributed by atoms with E-state index in [1.165, 1.54) is 17.0 Å².